The van der Waals surface area contributed by atoms with Gasteiger partial charge in [0.05, 0.1) is 0 Å². The summed E-state index contributed by atoms with van der Waals surface area (Å²) in [7, 11) is 3.25. The molecule has 0 aliphatic heterocycles. The monoisotopic (exact) mass is 245 g/mol. The van der Waals surface area contributed by atoms with E-state index in [0.717, 1.165) is 0 Å². The summed E-state index contributed by atoms with van der Waals surface area (Å²) in [6.07, 6.45) is 0. The standard InChI is InChI=1S/BO.Ba.Ca.2H2O.4H/c1-2;;;;;;;;/h;;;2*1H2;;;;/q;2*+2;;;4*-1. The van der Waals surface area contributed by atoms with E-state index in [4.69, 9.17) is 4.70 Å². The minimum atomic E-state index is 0. The van der Waals surface area contributed by atoms with Crippen LogP contribution in [0.2, 0.25) is 0 Å². The van der Waals surface area contributed by atoms with Crippen LogP contribution in [0.1, 0.15) is 5.71 Å². The van der Waals surface area contributed by atoms with Gasteiger partial charge in [-0.2, -0.15) is 0 Å². The fraction of sp³-hybridized carbons (Fsp3) is 0. The van der Waals surface area contributed by atoms with Gasteiger partial charge >= 0.3 is 99.0 Å². The molecule has 0 rings (SSSR count). The zero-order chi connectivity index (χ0) is 2.00. The smallest absolute Gasteiger partial charge is 1.00 e. The quantitative estimate of drug-likeness (QED) is 0.435. The third-order valence-corrected chi connectivity index (χ3v) is 0. The van der Waals surface area contributed by atoms with Gasteiger partial charge in [0.1, 0.15) is 0 Å². The van der Waals surface area contributed by atoms with E-state index in [1.165, 1.54) is 0 Å². The van der Waals surface area contributed by atoms with Crippen LogP contribution in [0.15, 0.2) is 0 Å². The fourth-order valence-corrected chi connectivity index (χ4v) is 0. The van der Waals surface area contributed by atoms with E-state index in [9.17, 15) is 0 Å². The van der Waals surface area contributed by atoms with Gasteiger partial charge in [-0.3, -0.25) is 0 Å². The normalized spacial score (nSPS) is 0.500. The van der Waals surface area contributed by atoms with E-state index in [2.05, 4.69) is 7.72 Å². The van der Waals surface area contributed by atoms with Crippen LogP contribution < -0.4 is 0 Å². The van der Waals surface area contributed by atoms with Gasteiger partial charge in [-0.25, -0.2) is 0 Å². The average molecular weight is 244 g/mol. The van der Waals surface area contributed by atoms with Gasteiger partial charge in [-0.1, -0.05) is 0 Å². The molecule has 0 aromatic carbocycles. The van der Waals surface area contributed by atoms with Crippen molar-refractivity contribution >= 4 is 94.3 Å². The summed E-state index contributed by atoms with van der Waals surface area (Å²) < 4.78 is 7.75. The molecule has 0 aliphatic rings. The molecule has 6 heavy (non-hydrogen) atoms. The molecule has 3 nitrogen and oxygen atoms in total. The zero-order valence-corrected chi connectivity index (χ0v) is 10.0. The molecule has 0 amide bonds. The predicted molar refractivity (Wildman–Crippen MR) is 29.6 cm³/mol. The van der Waals surface area contributed by atoms with Crippen molar-refractivity contribution in [1.29, 1.82) is 0 Å². The Morgan fingerprint density at radius 3 is 1.17 bits per heavy atom. The molecule has 0 unspecified atom stereocenters. The Labute approximate surface area is 113 Å². The summed E-state index contributed by atoms with van der Waals surface area (Å²) in [6.45, 7) is 0. The summed E-state index contributed by atoms with van der Waals surface area (Å²) in [5, 5.41) is 0. The molecule has 1 radical (unpaired) electrons. The SMILES string of the molecule is O.O.[B]=O.[Ba+2].[Ca+2].[H-].[H-].[H-].[H-]. The van der Waals surface area contributed by atoms with E-state index in [-0.39, 0.29) is 103 Å². The van der Waals surface area contributed by atoms with Crippen molar-refractivity contribution in [2.24, 2.45) is 0 Å². The van der Waals surface area contributed by atoms with Gasteiger partial charge in [0.15, 0.2) is 0 Å². The average Bonchev–Trinajstić information content (AvgIpc) is 1.00. The van der Waals surface area contributed by atoms with E-state index in [0.29, 0.717) is 0 Å². The molecule has 0 heterocycles. The van der Waals surface area contributed by atoms with Gasteiger partial charge in [0.25, 0.3) is 0 Å². The van der Waals surface area contributed by atoms with Crippen molar-refractivity contribution < 1.29 is 21.4 Å². The van der Waals surface area contributed by atoms with Crippen molar-refractivity contribution in [3.63, 3.8) is 0 Å². The van der Waals surface area contributed by atoms with Crippen LogP contribution in [-0.4, -0.2) is 105 Å². The summed E-state index contributed by atoms with van der Waals surface area (Å²) in [4.78, 5) is 0. The summed E-state index contributed by atoms with van der Waals surface area (Å²) in [6, 6.07) is 0. The Morgan fingerprint density at radius 2 is 1.17 bits per heavy atom. The molecule has 0 aromatic heterocycles. The van der Waals surface area contributed by atoms with Gasteiger partial charge in [-0.05, 0) is 0 Å². The molecule has 0 saturated carbocycles. The number of rotatable bonds is 0. The fourth-order valence-electron chi connectivity index (χ4n) is 0. The molecule has 4 N–H and O–H groups in total. The number of hydrogen-bond acceptors (Lipinski definition) is 1. The molecule has 6 heteroatoms. The Bertz CT molecular complexity index is 20.5. The van der Waals surface area contributed by atoms with Crippen LogP contribution in [0.3, 0.4) is 0 Å². The summed E-state index contributed by atoms with van der Waals surface area (Å²) >= 11 is 0. The van der Waals surface area contributed by atoms with Crippen LogP contribution in [0.4, 0.5) is 0 Å². The van der Waals surface area contributed by atoms with Crippen LogP contribution in [0.25, 0.3) is 0 Å². The van der Waals surface area contributed by atoms with Crippen LogP contribution in [-0.2, 0) is 4.70 Å². The Hall–Kier alpha value is 2.62. The Balaban J connectivity index is -0.000000000179. The van der Waals surface area contributed by atoms with Crippen molar-refractivity contribution in [3.05, 3.63) is 0 Å². The molecule has 0 saturated heterocycles. The molecular formula is H8BBaCaO3. The number of hydrogen-bond donors (Lipinski definition) is 0. The van der Waals surface area contributed by atoms with E-state index in [1.807, 2.05) is 0 Å². The van der Waals surface area contributed by atoms with Crippen LogP contribution >= 0.6 is 0 Å². The van der Waals surface area contributed by atoms with Crippen molar-refractivity contribution in [1.82, 2.24) is 0 Å². The van der Waals surface area contributed by atoms with E-state index >= 15 is 0 Å². The van der Waals surface area contributed by atoms with Gasteiger partial charge in [0, 0.05) is 0 Å². The van der Waals surface area contributed by atoms with E-state index < -0.39 is 0 Å². The van der Waals surface area contributed by atoms with Crippen LogP contribution in [0, 0.1) is 0 Å². The maximum atomic E-state index is 7.75. The second kappa shape index (κ2) is 48.7. The summed E-state index contributed by atoms with van der Waals surface area (Å²) in [5.41, 5.74) is 0. The molecule has 0 aliphatic carbocycles. The first-order valence-electron chi connectivity index (χ1n) is 0.236. The first-order chi connectivity index (χ1) is 1.00. The van der Waals surface area contributed by atoms with E-state index in [1.54, 1.807) is 0 Å². The predicted octanol–water partition coefficient (Wildman–Crippen LogP) is -2.46. The second-order valence-electron chi connectivity index (χ2n) is 0. The Kier molecular flexibility index (Phi) is 310. The first-order valence-corrected chi connectivity index (χ1v) is 0.236. The van der Waals surface area contributed by atoms with Crippen molar-refractivity contribution in [2.75, 3.05) is 0 Å². The molecule has 0 bridgehead atoms. The van der Waals surface area contributed by atoms with Crippen molar-refractivity contribution in [2.45, 2.75) is 0 Å². The topological polar surface area (TPSA) is 80.1 Å². The maximum absolute atomic E-state index is 7.75. The third-order valence-electron chi connectivity index (χ3n) is 0. The van der Waals surface area contributed by atoms with Gasteiger partial charge in [0.2, 0.25) is 0 Å². The first kappa shape index (κ1) is 38.2. The maximum Gasteiger partial charge on any atom is 2.00 e. The molecule has 0 aromatic rings. The molecular weight excluding hydrogens is 236 g/mol. The second-order valence-corrected chi connectivity index (χ2v) is 0. The minimum Gasteiger partial charge on any atom is -1.00 e. The molecule has 0 atom stereocenters. The largest absolute Gasteiger partial charge is 2.00 e. The zero-order valence-electron chi connectivity index (χ0n) is 7.40. The van der Waals surface area contributed by atoms with Crippen molar-refractivity contribution in [3.8, 4) is 0 Å². The third kappa shape index (κ3) is 30.5. The van der Waals surface area contributed by atoms with Gasteiger partial charge in [-0.15, -0.1) is 0 Å². The molecule has 33 valence electrons. The summed E-state index contributed by atoms with van der Waals surface area (Å²) in [5.74, 6) is 0. The van der Waals surface area contributed by atoms with Gasteiger partial charge < -0.3 is 16.7 Å². The molecule has 0 fully saturated rings. The Morgan fingerprint density at radius 1 is 1.17 bits per heavy atom. The molecule has 0 spiro atoms. The minimum absolute atomic E-state index is 0. The van der Waals surface area contributed by atoms with Crippen LogP contribution in [0.5, 0.6) is 0 Å².